The van der Waals surface area contributed by atoms with Crippen LogP contribution < -0.4 is 10.1 Å². The summed E-state index contributed by atoms with van der Waals surface area (Å²) >= 11 is 7.43. The van der Waals surface area contributed by atoms with Crippen molar-refractivity contribution < 1.29 is 4.74 Å². The lowest BCUT2D eigenvalue weighted by Crippen LogP contribution is -2.04. The Bertz CT molecular complexity index is 580. The first-order valence-electron chi connectivity index (χ1n) is 6.25. The Morgan fingerprint density at radius 3 is 2.85 bits per heavy atom. The van der Waals surface area contributed by atoms with Crippen LogP contribution in [0.1, 0.15) is 12.5 Å². The van der Waals surface area contributed by atoms with E-state index in [1.54, 1.807) is 6.07 Å². The number of ether oxygens (including phenoxy) is 1. The van der Waals surface area contributed by atoms with Gasteiger partial charge in [0, 0.05) is 17.6 Å². The van der Waals surface area contributed by atoms with Gasteiger partial charge in [-0.25, -0.2) is 4.98 Å². The minimum absolute atomic E-state index is 0.428. The van der Waals surface area contributed by atoms with E-state index in [0.29, 0.717) is 22.7 Å². The van der Waals surface area contributed by atoms with Crippen molar-refractivity contribution in [2.75, 3.05) is 18.1 Å². The molecule has 1 N–H and O–H groups in total. The summed E-state index contributed by atoms with van der Waals surface area (Å²) in [6.07, 6.45) is 1.94. The first kappa shape index (κ1) is 14.9. The van der Waals surface area contributed by atoms with Crippen molar-refractivity contribution in [3.05, 3.63) is 40.9 Å². The van der Waals surface area contributed by atoms with E-state index in [4.69, 9.17) is 16.3 Å². The van der Waals surface area contributed by atoms with Gasteiger partial charge in [0.15, 0.2) is 5.16 Å². The minimum atomic E-state index is 0.428. The number of hydrogen-bond donors (Lipinski definition) is 1. The zero-order valence-corrected chi connectivity index (χ0v) is 13.0. The number of nitrogens with one attached hydrogen (secondary N) is 1. The lowest BCUT2D eigenvalue weighted by atomic mass is 10.2. The van der Waals surface area contributed by atoms with Gasteiger partial charge in [0.05, 0.1) is 0 Å². The number of aromatic nitrogens is 2. The van der Waals surface area contributed by atoms with Gasteiger partial charge in [-0.1, -0.05) is 35.5 Å². The van der Waals surface area contributed by atoms with E-state index in [-0.39, 0.29) is 0 Å². The maximum absolute atomic E-state index is 5.95. The molecule has 0 atom stereocenters. The lowest BCUT2D eigenvalue weighted by Gasteiger charge is -2.09. The molecule has 0 aliphatic rings. The van der Waals surface area contributed by atoms with E-state index in [9.17, 15) is 0 Å². The molecule has 0 amide bonds. The molecule has 106 valence electrons. The Morgan fingerprint density at radius 1 is 1.30 bits per heavy atom. The second-order valence-electron chi connectivity index (χ2n) is 4.03. The van der Waals surface area contributed by atoms with Crippen LogP contribution in [-0.4, -0.2) is 22.8 Å². The Hall–Kier alpha value is -1.46. The van der Waals surface area contributed by atoms with Crippen LogP contribution >= 0.6 is 23.4 Å². The molecular formula is C14H16ClN3OS. The van der Waals surface area contributed by atoms with E-state index >= 15 is 0 Å². The van der Waals surface area contributed by atoms with Gasteiger partial charge in [0.1, 0.15) is 12.4 Å². The standard InChI is InChI=1S/C14H16ClN3OS/c1-3-16-12-8-13(18-14(17-12)20-2)19-9-10-5-4-6-11(15)7-10/h4-8H,3,9H2,1-2H3,(H,16,17,18). The van der Waals surface area contributed by atoms with Crippen LogP contribution in [0.25, 0.3) is 0 Å². The number of halogens is 1. The molecule has 4 nitrogen and oxygen atoms in total. The molecule has 2 rings (SSSR count). The maximum Gasteiger partial charge on any atom is 0.219 e. The van der Waals surface area contributed by atoms with Gasteiger partial charge >= 0.3 is 0 Å². The summed E-state index contributed by atoms with van der Waals surface area (Å²) in [5.74, 6) is 1.33. The number of thioether (sulfide) groups is 1. The van der Waals surface area contributed by atoms with Crippen LogP contribution in [-0.2, 0) is 6.61 Å². The van der Waals surface area contributed by atoms with Crippen LogP contribution in [0.5, 0.6) is 5.88 Å². The fourth-order valence-electron chi connectivity index (χ4n) is 1.62. The predicted octanol–water partition coefficient (Wildman–Crippen LogP) is 3.86. The molecule has 0 fully saturated rings. The number of anilines is 1. The lowest BCUT2D eigenvalue weighted by molar-refractivity contribution is 0.291. The van der Waals surface area contributed by atoms with Gasteiger partial charge in [-0.05, 0) is 30.9 Å². The quantitative estimate of drug-likeness (QED) is 0.648. The SMILES string of the molecule is CCNc1cc(OCc2cccc(Cl)c2)nc(SC)n1. The van der Waals surface area contributed by atoms with E-state index < -0.39 is 0 Å². The fourth-order valence-corrected chi connectivity index (χ4v) is 2.21. The van der Waals surface area contributed by atoms with Gasteiger partial charge in [0.25, 0.3) is 0 Å². The highest BCUT2D eigenvalue weighted by atomic mass is 35.5. The van der Waals surface area contributed by atoms with E-state index in [2.05, 4.69) is 15.3 Å². The Kier molecular flexibility index (Phi) is 5.49. The van der Waals surface area contributed by atoms with Crippen molar-refractivity contribution in [3.63, 3.8) is 0 Å². The number of benzene rings is 1. The van der Waals surface area contributed by atoms with Crippen molar-refractivity contribution in [2.45, 2.75) is 18.7 Å². The van der Waals surface area contributed by atoms with Crippen LogP contribution in [0.4, 0.5) is 5.82 Å². The molecule has 0 saturated heterocycles. The highest BCUT2D eigenvalue weighted by molar-refractivity contribution is 7.98. The third kappa shape index (κ3) is 4.28. The van der Waals surface area contributed by atoms with E-state index in [1.807, 2.05) is 37.4 Å². The molecule has 6 heteroatoms. The Balaban J connectivity index is 2.10. The number of hydrogen-bond acceptors (Lipinski definition) is 5. The zero-order valence-electron chi connectivity index (χ0n) is 11.4. The Morgan fingerprint density at radius 2 is 2.15 bits per heavy atom. The van der Waals surface area contributed by atoms with Crippen LogP contribution in [0.3, 0.4) is 0 Å². The largest absolute Gasteiger partial charge is 0.473 e. The highest BCUT2D eigenvalue weighted by Gasteiger charge is 2.05. The van der Waals surface area contributed by atoms with Crippen LogP contribution in [0.15, 0.2) is 35.5 Å². The minimum Gasteiger partial charge on any atom is -0.473 e. The molecule has 0 saturated carbocycles. The van der Waals surface area contributed by atoms with E-state index in [0.717, 1.165) is 17.9 Å². The molecule has 0 bridgehead atoms. The molecule has 20 heavy (non-hydrogen) atoms. The van der Waals surface area contributed by atoms with Crippen molar-refractivity contribution >= 4 is 29.2 Å². The topological polar surface area (TPSA) is 47.0 Å². The average Bonchev–Trinajstić information content (AvgIpc) is 2.45. The molecule has 0 aliphatic carbocycles. The molecule has 0 spiro atoms. The average molecular weight is 310 g/mol. The molecule has 1 aromatic carbocycles. The van der Waals surface area contributed by atoms with Gasteiger partial charge in [-0.15, -0.1) is 0 Å². The number of nitrogens with zero attached hydrogens (tertiary/aromatic N) is 2. The summed E-state index contributed by atoms with van der Waals surface area (Å²) in [6.45, 7) is 3.25. The first-order valence-corrected chi connectivity index (χ1v) is 7.85. The number of rotatable bonds is 6. The van der Waals surface area contributed by atoms with E-state index in [1.165, 1.54) is 11.8 Å². The summed E-state index contributed by atoms with van der Waals surface area (Å²) in [4.78, 5) is 8.68. The van der Waals surface area contributed by atoms with Gasteiger partial charge in [-0.3, -0.25) is 0 Å². The molecule has 2 aromatic rings. The normalized spacial score (nSPS) is 10.3. The zero-order chi connectivity index (χ0) is 14.4. The van der Waals surface area contributed by atoms with Gasteiger partial charge in [0.2, 0.25) is 5.88 Å². The van der Waals surface area contributed by atoms with Crippen molar-refractivity contribution in [1.29, 1.82) is 0 Å². The second-order valence-corrected chi connectivity index (χ2v) is 5.24. The predicted molar refractivity (Wildman–Crippen MR) is 83.8 cm³/mol. The third-order valence-electron chi connectivity index (χ3n) is 2.50. The summed E-state index contributed by atoms with van der Waals surface area (Å²) in [7, 11) is 0. The maximum atomic E-state index is 5.95. The molecule has 1 aromatic heterocycles. The summed E-state index contributed by atoms with van der Waals surface area (Å²) in [5.41, 5.74) is 1.01. The Labute approximate surface area is 127 Å². The molecule has 0 radical (unpaired) electrons. The van der Waals surface area contributed by atoms with Crippen molar-refractivity contribution in [3.8, 4) is 5.88 Å². The van der Waals surface area contributed by atoms with Crippen LogP contribution in [0.2, 0.25) is 5.02 Å². The highest BCUT2D eigenvalue weighted by Crippen LogP contribution is 2.20. The summed E-state index contributed by atoms with van der Waals surface area (Å²) < 4.78 is 5.71. The monoisotopic (exact) mass is 309 g/mol. The molecule has 1 heterocycles. The summed E-state index contributed by atoms with van der Waals surface area (Å²) in [5, 5.41) is 4.55. The fraction of sp³-hybridized carbons (Fsp3) is 0.286. The smallest absolute Gasteiger partial charge is 0.219 e. The molecule has 0 unspecified atom stereocenters. The van der Waals surface area contributed by atoms with Crippen molar-refractivity contribution in [1.82, 2.24) is 9.97 Å². The second kappa shape index (κ2) is 7.36. The molecule has 0 aliphatic heterocycles. The van der Waals surface area contributed by atoms with Crippen LogP contribution in [0, 0.1) is 0 Å². The molecular weight excluding hydrogens is 294 g/mol. The van der Waals surface area contributed by atoms with Gasteiger partial charge in [-0.2, -0.15) is 4.98 Å². The third-order valence-corrected chi connectivity index (χ3v) is 3.28. The van der Waals surface area contributed by atoms with Gasteiger partial charge < -0.3 is 10.1 Å². The van der Waals surface area contributed by atoms with Crippen molar-refractivity contribution in [2.24, 2.45) is 0 Å². The first-order chi connectivity index (χ1) is 9.71. The summed E-state index contributed by atoms with van der Waals surface area (Å²) in [6, 6.07) is 9.38.